The second-order valence-corrected chi connectivity index (χ2v) is 2.90. The smallest absolute Gasteiger partial charge is 0.248 e. The summed E-state index contributed by atoms with van der Waals surface area (Å²) >= 11 is 0. The van der Waals surface area contributed by atoms with E-state index in [9.17, 15) is 9.90 Å². The summed E-state index contributed by atoms with van der Waals surface area (Å²) in [5, 5.41) is 10.1. The zero-order valence-corrected chi connectivity index (χ0v) is 7.57. The van der Waals surface area contributed by atoms with Crippen molar-refractivity contribution in [3.63, 3.8) is 0 Å². The molecule has 0 bridgehead atoms. The van der Waals surface area contributed by atoms with Crippen molar-refractivity contribution in [2.24, 2.45) is 0 Å². The Balaban J connectivity index is 2.92. The number of rotatable bonds is 1. The highest BCUT2D eigenvalue weighted by atomic mass is 16.5. The molecular weight excluding hydrogens is 182 g/mol. The van der Waals surface area contributed by atoms with Gasteiger partial charge in [0.05, 0.1) is 12.6 Å². The number of hydrogen-bond acceptors (Lipinski definition) is 3. The van der Waals surface area contributed by atoms with E-state index < -0.39 is 0 Å². The topological polar surface area (TPSA) is 62.3 Å². The van der Waals surface area contributed by atoms with Crippen LogP contribution >= 0.6 is 0 Å². The van der Waals surface area contributed by atoms with Gasteiger partial charge in [0.25, 0.3) is 0 Å². The Morgan fingerprint density at radius 3 is 2.79 bits per heavy atom. The summed E-state index contributed by atoms with van der Waals surface area (Å²) in [5.41, 5.74) is 0.293. The number of fused-ring (bicyclic) bond motifs is 1. The number of benzene rings is 1. The van der Waals surface area contributed by atoms with E-state index in [0.717, 1.165) is 0 Å². The molecule has 1 heterocycles. The van der Waals surface area contributed by atoms with Crippen LogP contribution in [-0.2, 0) is 0 Å². The molecule has 0 atom stereocenters. The molecule has 4 heteroatoms. The van der Waals surface area contributed by atoms with E-state index in [2.05, 4.69) is 4.98 Å². The molecule has 0 aliphatic carbocycles. The monoisotopic (exact) mass is 191 g/mol. The van der Waals surface area contributed by atoms with Crippen molar-refractivity contribution in [1.82, 2.24) is 4.98 Å². The fourth-order valence-electron chi connectivity index (χ4n) is 1.38. The first-order chi connectivity index (χ1) is 6.72. The van der Waals surface area contributed by atoms with Crippen molar-refractivity contribution in [2.45, 2.75) is 0 Å². The lowest BCUT2D eigenvalue weighted by atomic mass is 10.2. The van der Waals surface area contributed by atoms with Crippen LogP contribution in [0.2, 0.25) is 0 Å². The average Bonchev–Trinajstić information content (AvgIpc) is 2.18. The summed E-state index contributed by atoms with van der Waals surface area (Å²) < 4.78 is 5.06. The quantitative estimate of drug-likeness (QED) is 0.712. The minimum absolute atomic E-state index is 0.122. The molecule has 0 aliphatic rings. The first-order valence-corrected chi connectivity index (χ1v) is 4.11. The fraction of sp³-hybridized carbons (Fsp3) is 0.100. The van der Waals surface area contributed by atoms with Crippen molar-refractivity contribution in [2.75, 3.05) is 7.11 Å². The van der Waals surface area contributed by atoms with Crippen LogP contribution in [0.1, 0.15) is 0 Å². The van der Waals surface area contributed by atoms with Crippen LogP contribution in [0.4, 0.5) is 0 Å². The Morgan fingerprint density at radius 2 is 2.07 bits per heavy atom. The number of ether oxygens (including phenoxy) is 1. The maximum absolute atomic E-state index is 11.1. The molecule has 2 N–H and O–H groups in total. The summed E-state index contributed by atoms with van der Waals surface area (Å²) in [7, 11) is 1.51. The molecule has 1 aromatic carbocycles. The molecule has 0 aliphatic heterocycles. The van der Waals surface area contributed by atoms with E-state index in [1.165, 1.54) is 19.2 Å². The van der Waals surface area contributed by atoms with Crippen LogP contribution in [0, 0.1) is 0 Å². The molecular formula is C10H9NO3. The number of phenols is 1. The maximum atomic E-state index is 11.1. The van der Waals surface area contributed by atoms with E-state index >= 15 is 0 Å². The molecule has 4 nitrogen and oxygen atoms in total. The van der Waals surface area contributed by atoms with E-state index in [1.807, 2.05) is 0 Å². The Morgan fingerprint density at radius 1 is 1.29 bits per heavy atom. The molecule has 72 valence electrons. The van der Waals surface area contributed by atoms with Crippen LogP contribution < -0.4 is 10.3 Å². The van der Waals surface area contributed by atoms with Gasteiger partial charge in [0.1, 0.15) is 11.5 Å². The second kappa shape index (κ2) is 3.06. The van der Waals surface area contributed by atoms with Crippen molar-refractivity contribution in [1.29, 1.82) is 0 Å². The first-order valence-electron chi connectivity index (χ1n) is 4.11. The Hall–Kier alpha value is -1.97. The number of aromatic hydroxyl groups is 1. The van der Waals surface area contributed by atoms with Gasteiger partial charge >= 0.3 is 0 Å². The minimum atomic E-state index is -0.221. The van der Waals surface area contributed by atoms with Crippen LogP contribution in [0.15, 0.2) is 29.1 Å². The van der Waals surface area contributed by atoms with Crippen LogP contribution in [0.25, 0.3) is 10.9 Å². The van der Waals surface area contributed by atoms with Gasteiger partial charge in [-0.1, -0.05) is 0 Å². The number of aromatic amines is 1. The molecule has 0 saturated carbocycles. The number of aromatic nitrogens is 1. The molecule has 0 spiro atoms. The third kappa shape index (κ3) is 1.21. The number of phenolic OH excluding ortho intramolecular Hbond substituents is 1. The highest BCUT2D eigenvalue weighted by Crippen LogP contribution is 2.29. The SMILES string of the molecule is COc1ccc(O)c2ccc(=O)[nH]c12. The highest BCUT2D eigenvalue weighted by Gasteiger charge is 2.05. The van der Waals surface area contributed by atoms with Gasteiger partial charge in [-0.3, -0.25) is 4.79 Å². The van der Waals surface area contributed by atoms with Crippen LogP contribution in [0.5, 0.6) is 11.5 Å². The third-order valence-electron chi connectivity index (χ3n) is 2.05. The number of nitrogens with one attached hydrogen (secondary N) is 1. The van der Waals surface area contributed by atoms with Crippen molar-refractivity contribution < 1.29 is 9.84 Å². The summed E-state index contributed by atoms with van der Waals surface area (Å²) in [6.45, 7) is 0. The van der Waals surface area contributed by atoms with E-state index in [1.54, 1.807) is 12.1 Å². The lowest BCUT2D eigenvalue weighted by molar-refractivity contribution is 0.417. The maximum Gasteiger partial charge on any atom is 0.248 e. The Kier molecular flexibility index (Phi) is 1.89. The standard InChI is InChI=1S/C10H9NO3/c1-14-8-4-3-7(12)6-2-5-9(13)11-10(6)8/h2-5,12H,1H3,(H,11,13). The van der Waals surface area contributed by atoms with Crippen LogP contribution in [0.3, 0.4) is 0 Å². The first kappa shape index (κ1) is 8.62. The highest BCUT2D eigenvalue weighted by molar-refractivity contribution is 5.89. The number of H-pyrrole nitrogens is 1. The van der Waals surface area contributed by atoms with Gasteiger partial charge in [-0.05, 0) is 18.2 Å². The van der Waals surface area contributed by atoms with Gasteiger partial charge in [-0.2, -0.15) is 0 Å². The number of hydrogen-bond donors (Lipinski definition) is 2. The van der Waals surface area contributed by atoms with E-state index in [4.69, 9.17) is 4.74 Å². The Bertz CT molecular complexity index is 530. The van der Waals surface area contributed by atoms with Gasteiger partial charge in [0.15, 0.2) is 0 Å². The molecule has 0 saturated heterocycles. The molecule has 1 aromatic heterocycles. The Labute approximate surface area is 79.8 Å². The van der Waals surface area contributed by atoms with Crippen molar-refractivity contribution in [3.8, 4) is 11.5 Å². The van der Waals surface area contributed by atoms with E-state index in [-0.39, 0.29) is 11.3 Å². The predicted octanol–water partition coefficient (Wildman–Crippen LogP) is 1.24. The van der Waals surface area contributed by atoms with Gasteiger partial charge in [0.2, 0.25) is 5.56 Å². The van der Waals surface area contributed by atoms with Gasteiger partial charge < -0.3 is 14.8 Å². The summed E-state index contributed by atoms with van der Waals surface area (Å²) in [6.07, 6.45) is 0. The largest absolute Gasteiger partial charge is 0.507 e. The van der Waals surface area contributed by atoms with Crippen molar-refractivity contribution in [3.05, 3.63) is 34.6 Å². The van der Waals surface area contributed by atoms with Gasteiger partial charge in [-0.25, -0.2) is 0 Å². The molecule has 0 fully saturated rings. The average molecular weight is 191 g/mol. The minimum Gasteiger partial charge on any atom is -0.507 e. The van der Waals surface area contributed by atoms with Gasteiger partial charge in [-0.15, -0.1) is 0 Å². The molecule has 2 aromatic rings. The van der Waals surface area contributed by atoms with Crippen molar-refractivity contribution >= 4 is 10.9 Å². The summed E-state index contributed by atoms with van der Waals surface area (Å²) in [5.74, 6) is 0.660. The lowest BCUT2D eigenvalue weighted by Gasteiger charge is -2.05. The zero-order chi connectivity index (χ0) is 10.1. The molecule has 14 heavy (non-hydrogen) atoms. The van der Waals surface area contributed by atoms with E-state index in [0.29, 0.717) is 16.7 Å². The fourth-order valence-corrected chi connectivity index (χ4v) is 1.38. The lowest BCUT2D eigenvalue weighted by Crippen LogP contribution is -2.03. The molecule has 0 unspecified atom stereocenters. The zero-order valence-electron chi connectivity index (χ0n) is 7.57. The summed E-state index contributed by atoms with van der Waals surface area (Å²) in [4.78, 5) is 13.7. The molecule has 0 radical (unpaired) electrons. The molecule has 0 amide bonds. The normalized spacial score (nSPS) is 10.4. The molecule has 2 rings (SSSR count). The van der Waals surface area contributed by atoms with Crippen LogP contribution in [-0.4, -0.2) is 17.2 Å². The number of methoxy groups -OCH3 is 1. The predicted molar refractivity (Wildman–Crippen MR) is 52.8 cm³/mol. The third-order valence-corrected chi connectivity index (χ3v) is 2.05. The summed E-state index contributed by atoms with van der Waals surface area (Å²) in [6, 6.07) is 6.06. The van der Waals surface area contributed by atoms with Gasteiger partial charge in [0, 0.05) is 11.5 Å². The number of pyridine rings is 1. The second-order valence-electron chi connectivity index (χ2n) is 2.90.